The van der Waals surface area contributed by atoms with Crippen LogP contribution in [-0.2, 0) is 18.3 Å². The average Bonchev–Trinajstić information content (AvgIpc) is 2.98. The average molecular weight is 281 g/mol. The highest BCUT2D eigenvalue weighted by atomic mass is 28.4. The molecule has 0 spiro atoms. The Labute approximate surface area is 110 Å². The third kappa shape index (κ3) is 7.33. The van der Waals surface area contributed by atoms with E-state index in [1.165, 1.54) is 0 Å². The molecular weight excluding hydrogens is 252 g/mol. The zero-order chi connectivity index (χ0) is 12.0. The third-order valence-electron chi connectivity index (χ3n) is 2.53. The Morgan fingerprint density at radius 2 is 1.82 bits per heavy atom. The zero-order valence-electron chi connectivity index (χ0n) is 10.8. The van der Waals surface area contributed by atoms with Crippen LogP contribution >= 0.6 is 0 Å². The lowest BCUT2D eigenvalue weighted by molar-refractivity contribution is 0.0559. The molecule has 104 valence electrons. The van der Waals surface area contributed by atoms with E-state index in [2.05, 4.69) is 13.5 Å². The SMILES string of the molecule is CCO[Si](C)(CC(C)OCC1CO1)OCC.[SiH4]. The minimum absolute atomic E-state index is 0. The van der Waals surface area contributed by atoms with Gasteiger partial charge in [-0.3, -0.25) is 0 Å². The molecular formula is C11H28O4Si2. The highest BCUT2D eigenvalue weighted by Crippen LogP contribution is 2.19. The molecule has 0 saturated carbocycles. The maximum Gasteiger partial charge on any atom is 0.337 e. The van der Waals surface area contributed by atoms with Crippen LogP contribution in [0.2, 0.25) is 12.6 Å². The summed E-state index contributed by atoms with van der Waals surface area (Å²) in [4.78, 5) is 0. The molecule has 0 aromatic rings. The van der Waals surface area contributed by atoms with Crippen molar-refractivity contribution in [1.82, 2.24) is 0 Å². The van der Waals surface area contributed by atoms with Gasteiger partial charge in [-0.25, -0.2) is 0 Å². The second kappa shape index (κ2) is 8.39. The molecule has 0 N–H and O–H groups in total. The molecule has 1 aliphatic heterocycles. The van der Waals surface area contributed by atoms with E-state index in [9.17, 15) is 0 Å². The monoisotopic (exact) mass is 280 g/mol. The van der Waals surface area contributed by atoms with Crippen LogP contribution in [0, 0.1) is 0 Å². The van der Waals surface area contributed by atoms with Gasteiger partial charge in [-0.05, 0) is 38.3 Å². The standard InChI is InChI=1S/C11H24O4Si.H4Si/c1-5-14-16(4,15-6-2)9-10(3)12-7-11-8-13-11;/h10-11H,5-9H2,1-4H3;1H4. The Bertz CT molecular complexity index is 194. The van der Waals surface area contributed by atoms with Gasteiger partial charge in [0.2, 0.25) is 0 Å². The summed E-state index contributed by atoms with van der Waals surface area (Å²) in [5, 5.41) is 0. The van der Waals surface area contributed by atoms with Crippen LogP contribution in [0.1, 0.15) is 20.8 Å². The van der Waals surface area contributed by atoms with E-state index in [0.29, 0.717) is 25.9 Å². The lowest BCUT2D eigenvalue weighted by atomic mass is 10.4. The van der Waals surface area contributed by atoms with Crippen LogP contribution in [0.15, 0.2) is 0 Å². The summed E-state index contributed by atoms with van der Waals surface area (Å²) >= 11 is 0. The highest BCUT2D eigenvalue weighted by Gasteiger charge is 2.34. The molecule has 1 heterocycles. The summed E-state index contributed by atoms with van der Waals surface area (Å²) in [6.45, 7) is 11.2. The summed E-state index contributed by atoms with van der Waals surface area (Å²) in [5.74, 6) is 0. The number of rotatable bonds is 9. The fraction of sp³-hybridized carbons (Fsp3) is 1.00. The molecule has 2 atom stereocenters. The fourth-order valence-electron chi connectivity index (χ4n) is 1.79. The quantitative estimate of drug-likeness (QED) is 0.455. The third-order valence-corrected chi connectivity index (χ3v) is 5.64. The summed E-state index contributed by atoms with van der Waals surface area (Å²) in [5.41, 5.74) is 0. The topological polar surface area (TPSA) is 40.2 Å². The highest BCUT2D eigenvalue weighted by molar-refractivity contribution is 6.66. The molecule has 1 fully saturated rings. The van der Waals surface area contributed by atoms with E-state index < -0.39 is 8.56 Å². The Morgan fingerprint density at radius 3 is 2.24 bits per heavy atom. The summed E-state index contributed by atoms with van der Waals surface area (Å²) in [6.07, 6.45) is 0.508. The molecule has 0 aromatic carbocycles. The first kappa shape index (κ1) is 17.3. The minimum Gasteiger partial charge on any atom is -0.395 e. The van der Waals surface area contributed by atoms with Gasteiger partial charge in [-0.1, -0.05) is 0 Å². The lowest BCUT2D eigenvalue weighted by Gasteiger charge is -2.28. The van der Waals surface area contributed by atoms with Crippen LogP contribution in [0.25, 0.3) is 0 Å². The summed E-state index contributed by atoms with van der Waals surface area (Å²) < 4.78 is 22.3. The Hall–Kier alpha value is 0.274. The summed E-state index contributed by atoms with van der Waals surface area (Å²) in [7, 11) is -2.03. The predicted molar refractivity (Wildman–Crippen MR) is 76.2 cm³/mol. The Balaban J connectivity index is 0.00000256. The van der Waals surface area contributed by atoms with Crippen LogP contribution in [0.3, 0.4) is 0 Å². The van der Waals surface area contributed by atoms with Crippen molar-refractivity contribution in [2.75, 3.05) is 26.4 Å². The second-order valence-corrected chi connectivity index (χ2v) is 7.56. The van der Waals surface area contributed by atoms with Gasteiger partial charge in [-0.2, -0.15) is 0 Å². The van der Waals surface area contributed by atoms with Crippen molar-refractivity contribution in [2.45, 2.75) is 45.6 Å². The maximum atomic E-state index is 5.77. The van der Waals surface area contributed by atoms with Crippen LogP contribution in [0.4, 0.5) is 0 Å². The number of hydrogen-bond donors (Lipinski definition) is 0. The molecule has 0 aromatic heterocycles. The van der Waals surface area contributed by atoms with E-state index >= 15 is 0 Å². The molecule has 6 heteroatoms. The fourth-order valence-corrected chi connectivity index (χ4v) is 4.49. The van der Waals surface area contributed by atoms with Gasteiger partial charge < -0.3 is 18.3 Å². The number of ether oxygens (including phenoxy) is 2. The van der Waals surface area contributed by atoms with Gasteiger partial charge in [0.25, 0.3) is 0 Å². The molecule has 0 aliphatic carbocycles. The van der Waals surface area contributed by atoms with Crippen molar-refractivity contribution in [3.63, 3.8) is 0 Å². The van der Waals surface area contributed by atoms with E-state index in [0.717, 1.165) is 12.7 Å². The number of epoxide rings is 1. The van der Waals surface area contributed by atoms with Gasteiger partial charge in [0.05, 0.1) is 19.3 Å². The largest absolute Gasteiger partial charge is 0.395 e. The van der Waals surface area contributed by atoms with Crippen LogP contribution in [0.5, 0.6) is 0 Å². The second-order valence-electron chi connectivity index (χ2n) is 4.30. The van der Waals surface area contributed by atoms with Crippen LogP contribution in [-0.4, -0.2) is 58.2 Å². The van der Waals surface area contributed by atoms with Gasteiger partial charge >= 0.3 is 8.56 Å². The first-order valence-corrected chi connectivity index (χ1v) is 8.63. The van der Waals surface area contributed by atoms with Crippen molar-refractivity contribution < 1.29 is 18.3 Å². The van der Waals surface area contributed by atoms with E-state index in [1.807, 2.05) is 13.8 Å². The lowest BCUT2D eigenvalue weighted by Crippen LogP contribution is -2.42. The van der Waals surface area contributed by atoms with Gasteiger partial charge in [0, 0.05) is 19.3 Å². The van der Waals surface area contributed by atoms with Crippen molar-refractivity contribution in [2.24, 2.45) is 0 Å². The number of hydrogen-bond acceptors (Lipinski definition) is 4. The van der Waals surface area contributed by atoms with Gasteiger partial charge in [0.1, 0.15) is 6.10 Å². The van der Waals surface area contributed by atoms with Gasteiger partial charge in [0.15, 0.2) is 0 Å². The van der Waals surface area contributed by atoms with Gasteiger partial charge in [-0.15, -0.1) is 0 Å². The first-order chi connectivity index (χ1) is 7.59. The van der Waals surface area contributed by atoms with E-state index in [-0.39, 0.29) is 17.1 Å². The van der Waals surface area contributed by atoms with Crippen molar-refractivity contribution in [3.05, 3.63) is 0 Å². The molecule has 17 heavy (non-hydrogen) atoms. The van der Waals surface area contributed by atoms with E-state index in [1.54, 1.807) is 0 Å². The van der Waals surface area contributed by atoms with Crippen molar-refractivity contribution in [3.8, 4) is 0 Å². The Kier molecular flexibility index (Phi) is 8.52. The molecule has 2 unspecified atom stereocenters. The molecule has 1 aliphatic rings. The molecule has 1 saturated heterocycles. The summed E-state index contributed by atoms with van der Waals surface area (Å²) in [6, 6.07) is 0.876. The Morgan fingerprint density at radius 1 is 1.29 bits per heavy atom. The maximum absolute atomic E-state index is 5.77. The molecule has 0 bridgehead atoms. The predicted octanol–water partition coefficient (Wildman–Crippen LogP) is 0.484. The normalized spacial score (nSPS) is 20.8. The van der Waals surface area contributed by atoms with Crippen LogP contribution < -0.4 is 0 Å². The zero-order valence-corrected chi connectivity index (χ0v) is 11.8. The smallest absolute Gasteiger partial charge is 0.337 e. The molecule has 1 rings (SSSR count). The molecule has 0 radical (unpaired) electrons. The molecule has 4 nitrogen and oxygen atoms in total. The minimum atomic E-state index is -2.03. The van der Waals surface area contributed by atoms with Crippen molar-refractivity contribution >= 4 is 19.5 Å². The first-order valence-electron chi connectivity index (χ1n) is 6.10. The van der Waals surface area contributed by atoms with Crippen molar-refractivity contribution in [1.29, 1.82) is 0 Å². The van der Waals surface area contributed by atoms with E-state index in [4.69, 9.17) is 18.3 Å². The molecule has 0 amide bonds.